The summed E-state index contributed by atoms with van der Waals surface area (Å²) in [6.07, 6.45) is 1.58. The molecular weight excluding hydrogens is 440 g/mol. The van der Waals surface area contributed by atoms with Crippen LogP contribution in [0.15, 0.2) is 30.6 Å². The van der Waals surface area contributed by atoms with Gasteiger partial charge in [0.05, 0.1) is 30.1 Å². The number of amides is 1. The Morgan fingerprint density at radius 2 is 1.94 bits per heavy atom. The van der Waals surface area contributed by atoms with Crippen LogP contribution in [0.3, 0.4) is 0 Å². The van der Waals surface area contributed by atoms with E-state index >= 15 is 0 Å². The van der Waals surface area contributed by atoms with Crippen molar-refractivity contribution in [1.82, 2.24) is 19.8 Å². The van der Waals surface area contributed by atoms with Gasteiger partial charge in [-0.25, -0.2) is 9.37 Å². The van der Waals surface area contributed by atoms with Crippen LogP contribution >= 0.6 is 0 Å². The normalized spacial score (nSPS) is 23.5. The van der Waals surface area contributed by atoms with Gasteiger partial charge in [-0.2, -0.15) is 13.2 Å². The molecule has 33 heavy (non-hydrogen) atoms. The molecule has 1 aromatic heterocycles. The third-order valence-corrected chi connectivity index (χ3v) is 6.56. The Balaban J connectivity index is 1.15. The number of nitrogens with zero attached hydrogens (tertiary/aromatic N) is 4. The third-order valence-electron chi connectivity index (χ3n) is 6.56. The quantitative estimate of drug-likeness (QED) is 0.635. The topological polar surface area (TPSA) is 58.6 Å². The molecule has 176 valence electrons. The maximum atomic E-state index is 13.8. The van der Waals surface area contributed by atoms with Crippen molar-refractivity contribution in [2.24, 2.45) is 0 Å². The van der Waals surface area contributed by atoms with Crippen LogP contribution < -0.4 is 4.74 Å². The van der Waals surface area contributed by atoms with Gasteiger partial charge >= 0.3 is 6.18 Å². The number of carbonyl (C=O) groups is 1. The minimum absolute atomic E-state index is 0.0462. The highest BCUT2D eigenvalue weighted by molar-refractivity contribution is 5.79. The highest BCUT2D eigenvalue weighted by Gasteiger charge is 2.39. The molecule has 2 aromatic rings. The van der Waals surface area contributed by atoms with Crippen LogP contribution in [0.1, 0.15) is 42.0 Å². The van der Waals surface area contributed by atoms with E-state index in [-0.39, 0.29) is 30.0 Å². The lowest BCUT2D eigenvalue weighted by atomic mass is 10.1. The molecule has 2 aliphatic heterocycles. The average molecular weight is 464 g/mol. The molecule has 5 rings (SSSR count). The summed E-state index contributed by atoms with van der Waals surface area (Å²) in [6, 6.07) is 2.78. The summed E-state index contributed by atoms with van der Waals surface area (Å²) in [6.45, 7) is 2.45. The van der Waals surface area contributed by atoms with E-state index in [4.69, 9.17) is 4.74 Å². The third kappa shape index (κ3) is 4.95. The van der Waals surface area contributed by atoms with Crippen LogP contribution in [0.25, 0.3) is 0 Å². The molecule has 2 saturated heterocycles. The monoisotopic (exact) mass is 464 g/mol. The molecular formula is C23H24F4N4O2. The number of rotatable bonds is 5. The number of ether oxygens (including phenoxy) is 1. The number of halogens is 4. The summed E-state index contributed by atoms with van der Waals surface area (Å²) in [5, 5.41) is 0. The highest BCUT2D eigenvalue weighted by Crippen LogP contribution is 2.38. The van der Waals surface area contributed by atoms with Crippen LogP contribution in [-0.2, 0) is 17.4 Å². The van der Waals surface area contributed by atoms with Gasteiger partial charge in [-0.3, -0.25) is 14.7 Å². The molecule has 0 unspecified atom stereocenters. The standard InChI is InChI=1S/C23H24F4N4O2/c24-19-7-14(1-4-18(19)23(25,26)27)8-22(32)31-6-5-30-13-17(9-16(30)12-31)33-21-11-28-20(10-29-21)15-2-3-15/h1,4,7,10-11,15-17H,2-3,5-6,8-9,12-13H2/t16-,17+/m0/s1. The van der Waals surface area contributed by atoms with Gasteiger partial charge in [-0.1, -0.05) is 6.07 Å². The first-order chi connectivity index (χ1) is 15.8. The second kappa shape index (κ2) is 8.55. The molecule has 3 fully saturated rings. The van der Waals surface area contributed by atoms with Gasteiger partial charge in [-0.15, -0.1) is 0 Å². The molecule has 1 aliphatic carbocycles. The molecule has 0 spiro atoms. The number of hydrogen-bond donors (Lipinski definition) is 0. The molecule has 10 heteroatoms. The van der Waals surface area contributed by atoms with Crippen molar-refractivity contribution < 1.29 is 27.1 Å². The number of alkyl halides is 3. The maximum absolute atomic E-state index is 13.8. The molecule has 6 nitrogen and oxygen atoms in total. The largest absolute Gasteiger partial charge is 0.472 e. The van der Waals surface area contributed by atoms with Crippen molar-refractivity contribution in [1.29, 1.82) is 0 Å². The Hall–Kier alpha value is -2.75. The van der Waals surface area contributed by atoms with Crippen LogP contribution in [-0.4, -0.2) is 64.0 Å². The van der Waals surface area contributed by atoms with Gasteiger partial charge in [-0.05, 0) is 30.5 Å². The zero-order valence-corrected chi connectivity index (χ0v) is 17.9. The van der Waals surface area contributed by atoms with Gasteiger partial charge in [0.15, 0.2) is 0 Å². The predicted molar refractivity (Wildman–Crippen MR) is 110 cm³/mol. The summed E-state index contributed by atoms with van der Waals surface area (Å²) in [7, 11) is 0. The lowest BCUT2D eigenvalue weighted by Gasteiger charge is -2.37. The highest BCUT2D eigenvalue weighted by atomic mass is 19.4. The lowest BCUT2D eigenvalue weighted by molar-refractivity contribution is -0.140. The maximum Gasteiger partial charge on any atom is 0.419 e. The van der Waals surface area contributed by atoms with Crippen molar-refractivity contribution in [3.63, 3.8) is 0 Å². The van der Waals surface area contributed by atoms with Crippen molar-refractivity contribution in [2.75, 3.05) is 26.2 Å². The molecule has 1 saturated carbocycles. The molecule has 1 amide bonds. The van der Waals surface area contributed by atoms with Crippen molar-refractivity contribution >= 4 is 5.91 Å². The van der Waals surface area contributed by atoms with Crippen molar-refractivity contribution in [2.45, 2.75) is 49.9 Å². The zero-order valence-electron chi connectivity index (χ0n) is 17.9. The second-order valence-electron chi connectivity index (χ2n) is 9.01. The molecule has 0 radical (unpaired) electrons. The van der Waals surface area contributed by atoms with Crippen LogP contribution in [0, 0.1) is 5.82 Å². The summed E-state index contributed by atoms with van der Waals surface area (Å²) >= 11 is 0. The van der Waals surface area contributed by atoms with E-state index in [1.807, 2.05) is 0 Å². The lowest BCUT2D eigenvalue weighted by Crippen LogP contribution is -2.52. The summed E-state index contributed by atoms with van der Waals surface area (Å²) < 4.78 is 58.1. The minimum Gasteiger partial charge on any atom is -0.472 e. The summed E-state index contributed by atoms with van der Waals surface area (Å²) in [4.78, 5) is 25.5. The molecule has 0 N–H and O–H groups in total. The van der Waals surface area contributed by atoms with Crippen molar-refractivity contribution in [3.05, 3.63) is 53.2 Å². The van der Waals surface area contributed by atoms with Gasteiger partial charge in [0.25, 0.3) is 0 Å². The van der Waals surface area contributed by atoms with E-state index in [9.17, 15) is 22.4 Å². The van der Waals surface area contributed by atoms with E-state index in [1.54, 1.807) is 17.3 Å². The molecule has 2 atom stereocenters. The number of piperazine rings is 1. The van der Waals surface area contributed by atoms with Crippen LogP contribution in [0.5, 0.6) is 5.88 Å². The first kappa shape index (κ1) is 22.1. The zero-order chi connectivity index (χ0) is 23.2. The second-order valence-corrected chi connectivity index (χ2v) is 9.01. The molecule has 0 bridgehead atoms. The van der Waals surface area contributed by atoms with E-state index < -0.39 is 17.6 Å². The average Bonchev–Trinajstić information content (AvgIpc) is 3.53. The number of carbonyl (C=O) groups excluding carboxylic acids is 1. The van der Waals surface area contributed by atoms with Crippen LogP contribution in [0.2, 0.25) is 0 Å². The molecule has 3 aliphatic rings. The predicted octanol–water partition coefficient (Wildman–Crippen LogP) is 3.42. The Morgan fingerprint density at radius 3 is 2.61 bits per heavy atom. The Bertz CT molecular complexity index is 1030. The Labute approximate surface area is 188 Å². The van der Waals surface area contributed by atoms with Gasteiger partial charge < -0.3 is 9.64 Å². The molecule has 1 aromatic carbocycles. The smallest absolute Gasteiger partial charge is 0.419 e. The first-order valence-corrected chi connectivity index (χ1v) is 11.1. The summed E-state index contributed by atoms with van der Waals surface area (Å²) in [5.41, 5.74) is -0.0850. The first-order valence-electron chi connectivity index (χ1n) is 11.1. The van der Waals surface area contributed by atoms with Crippen LogP contribution in [0.4, 0.5) is 17.6 Å². The number of benzene rings is 1. The fourth-order valence-corrected chi connectivity index (χ4v) is 4.64. The van der Waals surface area contributed by atoms with Gasteiger partial charge in [0, 0.05) is 44.6 Å². The summed E-state index contributed by atoms with van der Waals surface area (Å²) in [5.74, 6) is -0.544. The Kier molecular flexibility index (Phi) is 5.72. The van der Waals surface area contributed by atoms with Crippen molar-refractivity contribution in [3.8, 4) is 5.88 Å². The van der Waals surface area contributed by atoms with E-state index in [0.717, 1.165) is 43.6 Å². The minimum atomic E-state index is -4.76. The fraction of sp³-hybridized carbons (Fsp3) is 0.522. The van der Waals surface area contributed by atoms with E-state index in [1.165, 1.54) is 0 Å². The number of aromatic nitrogens is 2. The van der Waals surface area contributed by atoms with Gasteiger partial charge in [0.1, 0.15) is 11.9 Å². The molecule has 3 heterocycles. The number of fused-ring (bicyclic) bond motifs is 1. The fourth-order valence-electron chi connectivity index (χ4n) is 4.64. The van der Waals surface area contributed by atoms with Gasteiger partial charge in [0.2, 0.25) is 11.8 Å². The van der Waals surface area contributed by atoms with E-state index in [0.29, 0.717) is 37.5 Å². The number of hydrogen-bond acceptors (Lipinski definition) is 5. The Morgan fingerprint density at radius 1 is 1.12 bits per heavy atom. The SMILES string of the molecule is O=C(Cc1ccc(C(F)(F)F)c(F)c1)N1CCN2C[C@H](Oc3cnc(C4CC4)cn3)C[C@H]2C1. The van der Waals surface area contributed by atoms with E-state index in [2.05, 4.69) is 14.9 Å².